The summed E-state index contributed by atoms with van der Waals surface area (Å²) in [5.74, 6) is -0.291. The smallest absolute Gasteiger partial charge is 0.322 e. The molecule has 0 saturated carbocycles. The molecule has 0 radical (unpaired) electrons. The van der Waals surface area contributed by atoms with Crippen molar-refractivity contribution in [2.24, 2.45) is 0 Å². The van der Waals surface area contributed by atoms with E-state index < -0.39 is 17.0 Å². The van der Waals surface area contributed by atoms with Crippen molar-refractivity contribution in [3.05, 3.63) is 51.4 Å². The van der Waals surface area contributed by atoms with Crippen molar-refractivity contribution in [1.82, 2.24) is 10.6 Å². The van der Waals surface area contributed by atoms with Crippen LogP contribution in [0.3, 0.4) is 0 Å². The minimum Gasteiger partial charge on any atom is -0.479 e. The molecule has 0 spiro atoms. The number of non-ortho nitro benzene ring substituents is 1. The predicted octanol–water partition coefficient (Wildman–Crippen LogP) is 1.79. The SMILES string of the molecule is CCOC1=C(C)C(=O)[C@@H](c2cccc([N+](=O)[O-])c2)NC(=O)N1. The molecule has 8 heteroatoms. The Morgan fingerprint density at radius 3 is 2.73 bits per heavy atom. The first-order valence-electron chi connectivity index (χ1n) is 6.63. The summed E-state index contributed by atoms with van der Waals surface area (Å²) in [5, 5.41) is 15.8. The lowest BCUT2D eigenvalue weighted by molar-refractivity contribution is -0.384. The van der Waals surface area contributed by atoms with E-state index in [0.717, 1.165) is 0 Å². The summed E-state index contributed by atoms with van der Waals surface area (Å²) in [5.41, 5.74) is 0.437. The molecule has 116 valence electrons. The molecule has 0 bridgehead atoms. The molecule has 2 amide bonds. The number of ketones is 1. The normalized spacial score (nSPS) is 18.4. The number of nitro benzene ring substituents is 1. The fraction of sp³-hybridized carbons (Fsp3) is 0.286. The lowest BCUT2D eigenvalue weighted by Gasteiger charge is -2.14. The van der Waals surface area contributed by atoms with Crippen LogP contribution in [0.1, 0.15) is 25.5 Å². The zero-order valence-electron chi connectivity index (χ0n) is 12.1. The van der Waals surface area contributed by atoms with Gasteiger partial charge in [0.2, 0.25) is 5.88 Å². The number of rotatable bonds is 4. The van der Waals surface area contributed by atoms with E-state index in [1.165, 1.54) is 25.1 Å². The summed E-state index contributed by atoms with van der Waals surface area (Å²) in [6.07, 6.45) is 0. The van der Waals surface area contributed by atoms with E-state index >= 15 is 0 Å². The van der Waals surface area contributed by atoms with Crippen molar-refractivity contribution in [3.8, 4) is 0 Å². The van der Waals surface area contributed by atoms with E-state index in [-0.39, 0.29) is 22.9 Å². The highest BCUT2D eigenvalue weighted by Gasteiger charge is 2.31. The highest BCUT2D eigenvalue weighted by Crippen LogP contribution is 2.24. The molecule has 1 aromatic carbocycles. The second-order valence-electron chi connectivity index (χ2n) is 4.63. The molecular weight excluding hydrogens is 290 g/mol. The van der Waals surface area contributed by atoms with Crippen LogP contribution in [0, 0.1) is 10.1 Å². The Kier molecular flexibility index (Phi) is 4.40. The highest BCUT2D eigenvalue weighted by molar-refractivity contribution is 6.03. The third kappa shape index (κ3) is 3.05. The fourth-order valence-electron chi connectivity index (χ4n) is 2.10. The van der Waals surface area contributed by atoms with Gasteiger partial charge in [0.1, 0.15) is 6.04 Å². The van der Waals surface area contributed by atoms with Crippen molar-refractivity contribution in [2.45, 2.75) is 19.9 Å². The number of nitrogens with zero attached hydrogens (tertiary/aromatic N) is 1. The van der Waals surface area contributed by atoms with Gasteiger partial charge in [-0.05, 0) is 19.4 Å². The largest absolute Gasteiger partial charge is 0.479 e. The molecule has 0 unspecified atom stereocenters. The van der Waals surface area contributed by atoms with E-state index in [0.29, 0.717) is 12.2 Å². The van der Waals surface area contributed by atoms with E-state index in [4.69, 9.17) is 4.74 Å². The average molecular weight is 305 g/mol. The first-order chi connectivity index (χ1) is 10.4. The molecule has 2 rings (SSSR count). The zero-order valence-corrected chi connectivity index (χ0v) is 12.1. The Hall–Kier alpha value is -2.90. The van der Waals surface area contributed by atoms with Crippen LogP contribution in [0.4, 0.5) is 10.5 Å². The lowest BCUT2D eigenvalue weighted by Crippen LogP contribution is -2.37. The maximum absolute atomic E-state index is 12.5. The van der Waals surface area contributed by atoms with Crippen molar-refractivity contribution >= 4 is 17.5 Å². The van der Waals surface area contributed by atoms with Gasteiger partial charge in [-0.3, -0.25) is 20.2 Å². The summed E-state index contributed by atoms with van der Waals surface area (Å²) < 4.78 is 5.24. The van der Waals surface area contributed by atoms with Crippen molar-refractivity contribution < 1.29 is 19.2 Å². The summed E-state index contributed by atoms with van der Waals surface area (Å²) >= 11 is 0. The average Bonchev–Trinajstić information content (AvgIpc) is 2.60. The minimum absolute atomic E-state index is 0.0953. The maximum atomic E-state index is 12.5. The number of urea groups is 1. The van der Waals surface area contributed by atoms with Crippen molar-refractivity contribution in [3.63, 3.8) is 0 Å². The van der Waals surface area contributed by atoms with Crippen LogP contribution in [0.15, 0.2) is 35.7 Å². The van der Waals surface area contributed by atoms with E-state index in [1.54, 1.807) is 13.0 Å². The third-order valence-corrected chi connectivity index (χ3v) is 3.18. The topological polar surface area (TPSA) is 111 Å². The van der Waals surface area contributed by atoms with Gasteiger partial charge in [-0.25, -0.2) is 4.79 Å². The van der Waals surface area contributed by atoms with Crippen LogP contribution >= 0.6 is 0 Å². The maximum Gasteiger partial charge on any atom is 0.322 e. The molecule has 0 saturated heterocycles. The molecular formula is C14H15N3O5. The molecule has 1 heterocycles. The summed E-state index contributed by atoms with van der Waals surface area (Å²) in [6.45, 7) is 3.56. The number of Topliss-reactive ketones (excluding diaryl/α,β-unsaturated/α-hetero) is 1. The standard InChI is InChI=1S/C14H15N3O5/c1-3-22-13-8(2)12(18)11(15-14(19)16-13)9-5-4-6-10(7-9)17(20)21/h4-7,11H,3H2,1-2H3,(H2,15,16,19)/t11-/m1/s1. The first kappa shape index (κ1) is 15.5. The lowest BCUT2D eigenvalue weighted by atomic mass is 9.98. The molecule has 8 nitrogen and oxygen atoms in total. The number of amides is 2. The quantitative estimate of drug-likeness (QED) is 0.650. The van der Waals surface area contributed by atoms with Gasteiger partial charge in [-0.1, -0.05) is 12.1 Å². The van der Waals surface area contributed by atoms with Gasteiger partial charge in [-0.15, -0.1) is 0 Å². The van der Waals surface area contributed by atoms with Crippen LogP contribution in [0.25, 0.3) is 0 Å². The fourth-order valence-corrected chi connectivity index (χ4v) is 2.10. The Balaban J connectivity index is 2.42. The molecule has 2 N–H and O–H groups in total. The molecule has 1 aromatic rings. The summed E-state index contributed by atoms with van der Waals surface area (Å²) in [6, 6.07) is 3.99. The molecule has 1 aliphatic heterocycles. The second kappa shape index (κ2) is 6.25. The number of ether oxygens (including phenoxy) is 1. The third-order valence-electron chi connectivity index (χ3n) is 3.18. The van der Waals surface area contributed by atoms with Gasteiger partial charge in [0.15, 0.2) is 5.78 Å². The van der Waals surface area contributed by atoms with Crippen LogP contribution in [-0.2, 0) is 9.53 Å². The number of benzene rings is 1. The second-order valence-corrected chi connectivity index (χ2v) is 4.63. The van der Waals surface area contributed by atoms with Crippen LogP contribution in [0.5, 0.6) is 0 Å². The minimum atomic E-state index is -1.00. The molecule has 1 atom stereocenters. The van der Waals surface area contributed by atoms with Gasteiger partial charge in [-0.2, -0.15) is 0 Å². The Labute approximate surface area is 126 Å². The Bertz CT molecular complexity index is 668. The van der Waals surface area contributed by atoms with Gasteiger partial charge < -0.3 is 10.1 Å². The number of carbonyl (C=O) groups is 2. The first-order valence-corrected chi connectivity index (χ1v) is 6.63. The van der Waals surface area contributed by atoms with E-state index in [2.05, 4.69) is 10.6 Å². The van der Waals surface area contributed by atoms with E-state index in [1.807, 2.05) is 0 Å². The highest BCUT2D eigenvalue weighted by atomic mass is 16.6. The van der Waals surface area contributed by atoms with E-state index in [9.17, 15) is 19.7 Å². The molecule has 0 aromatic heterocycles. The Morgan fingerprint density at radius 1 is 1.36 bits per heavy atom. The molecule has 1 aliphatic rings. The van der Waals surface area contributed by atoms with Crippen LogP contribution in [-0.4, -0.2) is 23.3 Å². The number of nitrogens with one attached hydrogen (secondary N) is 2. The number of hydrogen-bond donors (Lipinski definition) is 2. The van der Waals surface area contributed by atoms with Gasteiger partial charge in [0.25, 0.3) is 5.69 Å². The van der Waals surface area contributed by atoms with Gasteiger partial charge in [0.05, 0.1) is 17.1 Å². The van der Waals surface area contributed by atoms with Crippen LogP contribution < -0.4 is 10.6 Å². The number of nitro groups is 1. The van der Waals surface area contributed by atoms with Gasteiger partial charge >= 0.3 is 6.03 Å². The molecule has 22 heavy (non-hydrogen) atoms. The summed E-state index contributed by atoms with van der Waals surface area (Å²) in [4.78, 5) is 34.6. The van der Waals surface area contributed by atoms with Crippen molar-refractivity contribution in [1.29, 1.82) is 0 Å². The molecule has 0 aliphatic carbocycles. The van der Waals surface area contributed by atoms with Crippen LogP contribution in [0.2, 0.25) is 0 Å². The molecule has 0 fully saturated rings. The Morgan fingerprint density at radius 2 is 2.09 bits per heavy atom. The monoisotopic (exact) mass is 305 g/mol. The number of hydrogen-bond acceptors (Lipinski definition) is 5. The predicted molar refractivity (Wildman–Crippen MR) is 76.8 cm³/mol. The van der Waals surface area contributed by atoms with Gasteiger partial charge in [0, 0.05) is 12.1 Å². The summed E-state index contributed by atoms with van der Waals surface area (Å²) in [7, 11) is 0. The zero-order chi connectivity index (χ0) is 16.3. The number of carbonyl (C=O) groups excluding carboxylic acids is 2. The van der Waals surface area contributed by atoms with Crippen molar-refractivity contribution in [2.75, 3.05) is 6.61 Å².